The van der Waals surface area contributed by atoms with E-state index in [0.717, 1.165) is 53.6 Å². The predicted octanol–water partition coefficient (Wildman–Crippen LogP) is 4.53. The summed E-state index contributed by atoms with van der Waals surface area (Å²) in [4.78, 5) is 24.1. The van der Waals surface area contributed by atoms with Crippen molar-refractivity contribution < 1.29 is 14.7 Å². The van der Waals surface area contributed by atoms with E-state index in [1.54, 1.807) is 19.1 Å². The smallest absolute Gasteiger partial charge is 0.224 e. The summed E-state index contributed by atoms with van der Waals surface area (Å²) in [6.07, 6.45) is 4.59. The molecule has 0 radical (unpaired) electrons. The van der Waals surface area contributed by atoms with Crippen molar-refractivity contribution in [2.45, 2.75) is 45.4 Å². The summed E-state index contributed by atoms with van der Waals surface area (Å²) in [5, 5.41) is 12.4. The molecule has 2 N–H and O–H groups in total. The molecule has 0 spiro atoms. The zero-order valence-electron chi connectivity index (χ0n) is 15.6. The van der Waals surface area contributed by atoms with Crippen LogP contribution in [0.15, 0.2) is 59.8 Å². The van der Waals surface area contributed by atoms with Gasteiger partial charge in [0.05, 0.1) is 0 Å². The zero-order chi connectivity index (χ0) is 19.2. The molecule has 4 nitrogen and oxygen atoms in total. The molecule has 0 fully saturated rings. The number of amides is 1. The fourth-order valence-electron chi connectivity index (χ4n) is 3.48. The second-order valence-electron chi connectivity index (χ2n) is 7.02. The molecule has 1 amide bonds. The average Bonchev–Trinajstić information content (AvgIpc) is 2.67. The fourth-order valence-corrected chi connectivity index (χ4v) is 3.48. The Hall–Kier alpha value is -2.88. The first-order valence-electron chi connectivity index (χ1n) is 9.44. The molecule has 2 aromatic carbocycles. The molecule has 140 valence electrons. The number of aromatic hydroxyl groups is 1. The number of phenolic OH excluding ortho intramolecular Hbond substituents is 1. The van der Waals surface area contributed by atoms with Gasteiger partial charge in [0.25, 0.3) is 0 Å². The van der Waals surface area contributed by atoms with E-state index in [9.17, 15) is 14.7 Å². The summed E-state index contributed by atoms with van der Waals surface area (Å²) < 4.78 is 0. The van der Waals surface area contributed by atoms with E-state index >= 15 is 0 Å². The summed E-state index contributed by atoms with van der Waals surface area (Å²) in [5.41, 5.74) is 4.76. The Bertz CT molecular complexity index is 865. The molecular formula is C23H25NO3. The molecule has 1 aliphatic carbocycles. The normalized spacial score (nSPS) is 14.1. The van der Waals surface area contributed by atoms with Crippen LogP contribution < -0.4 is 5.32 Å². The van der Waals surface area contributed by atoms with Crippen molar-refractivity contribution in [3.05, 3.63) is 65.4 Å². The molecule has 0 heterocycles. The first kappa shape index (κ1) is 18.9. The fraction of sp³-hybridized carbons (Fsp3) is 0.304. The third kappa shape index (κ3) is 5.07. The highest BCUT2D eigenvalue weighted by atomic mass is 16.3. The van der Waals surface area contributed by atoms with E-state index in [1.807, 2.05) is 30.3 Å². The highest BCUT2D eigenvalue weighted by Gasteiger charge is 2.17. The standard InChI is InChI=1S/C23H25NO3/c1-16(25)21-7-2-3-8-22(21)24-23(27)14-9-17-5-4-6-19(15-17)18-10-12-20(26)13-11-18/h4-6,10-13,15,26H,2-3,7-9,14H2,1H3,(H,24,27). The van der Waals surface area contributed by atoms with Crippen LogP contribution in [-0.2, 0) is 16.0 Å². The second-order valence-corrected chi connectivity index (χ2v) is 7.02. The molecule has 0 atom stereocenters. The van der Waals surface area contributed by atoms with E-state index in [0.29, 0.717) is 12.8 Å². The van der Waals surface area contributed by atoms with Gasteiger partial charge in [-0.2, -0.15) is 0 Å². The highest BCUT2D eigenvalue weighted by Crippen LogP contribution is 2.25. The van der Waals surface area contributed by atoms with Crippen LogP contribution in [-0.4, -0.2) is 16.8 Å². The number of hydrogen-bond donors (Lipinski definition) is 2. The Morgan fingerprint density at radius 1 is 1.00 bits per heavy atom. The SMILES string of the molecule is CC(=O)C1=C(NC(=O)CCc2cccc(-c3ccc(O)cc3)c2)CCCC1. The van der Waals surface area contributed by atoms with E-state index in [1.165, 1.54) is 0 Å². The summed E-state index contributed by atoms with van der Waals surface area (Å²) in [7, 11) is 0. The van der Waals surface area contributed by atoms with Crippen LogP contribution in [0.5, 0.6) is 5.75 Å². The third-order valence-electron chi connectivity index (χ3n) is 4.95. The van der Waals surface area contributed by atoms with Crippen LogP contribution in [0.1, 0.15) is 44.6 Å². The van der Waals surface area contributed by atoms with Crippen molar-refractivity contribution in [2.24, 2.45) is 0 Å². The molecule has 0 bridgehead atoms. The number of carbonyl (C=O) groups is 2. The third-order valence-corrected chi connectivity index (χ3v) is 4.95. The molecule has 2 aromatic rings. The van der Waals surface area contributed by atoms with Crippen LogP contribution in [0.3, 0.4) is 0 Å². The van der Waals surface area contributed by atoms with Gasteiger partial charge in [-0.25, -0.2) is 0 Å². The Morgan fingerprint density at radius 3 is 2.48 bits per heavy atom. The number of carbonyl (C=O) groups excluding carboxylic acids is 2. The maximum absolute atomic E-state index is 12.4. The molecule has 1 aliphatic rings. The summed E-state index contributed by atoms with van der Waals surface area (Å²) in [6.45, 7) is 1.57. The van der Waals surface area contributed by atoms with Crippen LogP contribution in [0.25, 0.3) is 11.1 Å². The minimum Gasteiger partial charge on any atom is -0.508 e. The Labute approximate surface area is 159 Å². The number of ketones is 1. The molecule has 0 unspecified atom stereocenters. The van der Waals surface area contributed by atoms with Crippen molar-refractivity contribution in [1.29, 1.82) is 0 Å². The molecule has 0 aromatic heterocycles. The van der Waals surface area contributed by atoms with Crippen molar-refractivity contribution in [1.82, 2.24) is 5.32 Å². The Kier molecular flexibility index (Phi) is 6.07. The van der Waals surface area contributed by atoms with Gasteiger partial charge in [-0.3, -0.25) is 9.59 Å². The number of hydrogen-bond acceptors (Lipinski definition) is 3. The lowest BCUT2D eigenvalue weighted by atomic mass is 9.93. The van der Waals surface area contributed by atoms with Crippen LogP contribution in [0, 0.1) is 0 Å². The van der Waals surface area contributed by atoms with Gasteiger partial charge in [0, 0.05) is 17.7 Å². The number of benzene rings is 2. The van der Waals surface area contributed by atoms with E-state index in [4.69, 9.17) is 0 Å². The Balaban J connectivity index is 1.63. The van der Waals surface area contributed by atoms with Gasteiger partial charge >= 0.3 is 0 Å². The molecule has 4 heteroatoms. The lowest BCUT2D eigenvalue weighted by molar-refractivity contribution is -0.120. The van der Waals surface area contributed by atoms with Crippen molar-refractivity contribution in [3.63, 3.8) is 0 Å². The van der Waals surface area contributed by atoms with Gasteiger partial charge in [-0.15, -0.1) is 0 Å². The van der Waals surface area contributed by atoms with Crippen molar-refractivity contribution in [3.8, 4) is 16.9 Å². The van der Waals surface area contributed by atoms with E-state index in [-0.39, 0.29) is 17.4 Å². The van der Waals surface area contributed by atoms with Crippen LogP contribution in [0.4, 0.5) is 0 Å². The molecule has 27 heavy (non-hydrogen) atoms. The van der Waals surface area contributed by atoms with Gasteiger partial charge < -0.3 is 10.4 Å². The second kappa shape index (κ2) is 8.67. The average molecular weight is 363 g/mol. The number of phenols is 1. The van der Waals surface area contributed by atoms with E-state index in [2.05, 4.69) is 11.4 Å². The zero-order valence-corrected chi connectivity index (χ0v) is 15.6. The lowest BCUT2D eigenvalue weighted by Crippen LogP contribution is -2.27. The summed E-state index contributed by atoms with van der Waals surface area (Å²) in [6, 6.07) is 15.2. The number of nitrogens with one attached hydrogen (secondary N) is 1. The number of aryl methyl sites for hydroxylation is 1. The maximum atomic E-state index is 12.4. The first-order valence-corrected chi connectivity index (χ1v) is 9.44. The Morgan fingerprint density at radius 2 is 1.74 bits per heavy atom. The first-order chi connectivity index (χ1) is 13.0. The van der Waals surface area contributed by atoms with Crippen LogP contribution >= 0.6 is 0 Å². The molecule has 0 aliphatic heterocycles. The van der Waals surface area contributed by atoms with Gasteiger partial charge in [0.1, 0.15) is 5.75 Å². The highest BCUT2D eigenvalue weighted by molar-refractivity contribution is 5.95. The van der Waals surface area contributed by atoms with Crippen LogP contribution in [0.2, 0.25) is 0 Å². The molecule has 0 saturated carbocycles. The van der Waals surface area contributed by atoms with Gasteiger partial charge in [-0.1, -0.05) is 36.4 Å². The molecule has 0 saturated heterocycles. The minimum atomic E-state index is -0.0410. The minimum absolute atomic E-state index is 0.0410. The van der Waals surface area contributed by atoms with Crippen molar-refractivity contribution >= 4 is 11.7 Å². The largest absolute Gasteiger partial charge is 0.508 e. The number of Topliss-reactive ketones (excluding diaryl/α,β-unsaturated/α-hetero) is 1. The van der Waals surface area contributed by atoms with E-state index < -0.39 is 0 Å². The quantitative estimate of drug-likeness (QED) is 0.793. The number of allylic oxidation sites excluding steroid dienone is 2. The van der Waals surface area contributed by atoms with Gasteiger partial charge in [0.15, 0.2) is 5.78 Å². The summed E-state index contributed by atoms with van der Waals surface area (Å²) >= 11 is 0. The molecular weight excluding hydrogens is 338 g/mol. The maximum Gasteiger partial charge on any atom is 0.224 e. The molecule has 3 rings (SSSR count). The predicted molar refractivity (Wildman–Crippen MR) is 106 cm³/mol. The summed E-state index contributed by atoms with van der Waals surface area (Å²) in [5.74, 6) is 0.265. The van der Waals surface area contributed by atoms with Gasteiger partial charge in [-0.05, 0) is 67.9 Å². The lowest BCUT2D eigenvalue weighted by Gasteiger charge is -2.19. The topological polar surface area (TPSA) is 66.4 Å². The monoisotopic (exact) mass is 363 g/mol. The number of rotatable bonds is 6. The van der Waals surface area contributed by atoms with Gasteiger partial charge in [0.2, 0.25) is 5.91 Å². The van der Waals surface area contributed by atoms with Crippen molar-refractivity contribution in [2.75, 3.05) is 0 Å².